The molecule has 0 aliphatic carbocycles. The molecule has 1 aliphatic heterocycles. The van der Waals surface area contributed by atoms with Gasteiger partial charge < -0.3 is 4.90 Å². The summed E-state index contributed by atoms with van der Waals surface area (Å²) in [4.78, 5) is 32.0. The third kappa shape index (κ3) is 2.35. The molecule has 6 nitrogen and oxygen atoms in total. The third-order valence-corrected chi connectivity index (χ3v) is 4.91. The van der Waals surface area contributed by atoms with Gasteiger partial charge in [-0.2, -0.15) is 4.37 Å². The molecule has 22 heavy (non-hydrogen) atoms. The first-order valence-corrected chi connectivity index (χ1v) is 8.09. The average molecular weight is 318 g/mol. The average Bonchev–Trinajstić information content (AvgIpc) is 2.85. The summed E-state index contributed by atoms with van der Waals surface area (Å²) in [6, 6.07) is 0. The van der Waals surface area contributed by atoms with E-state index in [-0.39, 0.29) is 11.5 Å². The molecule has 116 valence electrons. The van der Waals surface area contributed by atoms with E-state index in [1.807, 2.05) is 20.8 Å². The van der Waals surface area contributed by atoms with E-state index in [9.17, 15) is 9.59 Å². The molecule has 0 fully saturated rings. The Balaban J connectivity index is 1.91. The van der Waals surface area contributed by atoms with E-state index in [0.29, 0.717) is 37.3 Å². The lowest BCUT2D eigenvalue weighted by Gasteiger charge is -2.28. The van der Waals surface area contributed by atoms with Crippen LogP contribution in [0.3, 0.4) is 0 Å². The number of amides is 1. The van der Waals surface area contributed by atoms with Gasteiger partial charge in [-0.15, -0.1) is 0 Å². The second-order valence-electron chi connectivity index (χ2n) is 5.44. The first-order chi connectivity index (χ1) is 10.5. The van der Waals surface area contributed by atoms with E-state index in [2.05, 4.69) is 9.36 Å². The summed E-state index contributed by atoms with van der Waals surface area (Å²) in [5, 5.41) is 0. The molecule has 0 radical (unpaired) electrons. The van der Waals surface area contributed by atoms with Crippen LogP contribution in [-0.2, 0) is 19.5 Å². The van der Waals surface area contributed by atoms with Crippen molar-refractivity contribution in [2.45, 2.75) is 40.3 Å². The van der Waals surface area contributed by atoms with Crippen molar-refractivity contribution in [2.24, 2.45) is 0 Å². The number of aryl methyl sites for hydroxylation is 3. The molecule has 1 aliphatic rings. The molecule has 0 N–H and O–H groups in total. The molecule has 0 bridgehead atoms. The SMILES string of the molecule is CCn1cnc2c(c1=O)CCN(C(=O)c1c(C)nsc1C)C2. The van der Waals surface area contributed by atoms with Crippen molar-refractivity contribution in [2.75, 3.05) is 6.54 Å². The normalized spacial score (nSPS) is 14.0. The van der Waals surface area contributed by atoms with Gasteiger partial charge in [0.25, 0.3) is 11.5 Å². The summed E-state index contributed by atoms with van der Waals surface area (Å²) in [6.07, 6.45) is 2.13. The van der Waals surface area contributed by atoms with Crippen molar-refractivity contribution in [3.63, 3.8) is 0 Å². The van der Waals surface area contributed by atoms with E-state index in [4.69, 9.17) is 0 Å². The van der Waals surface area contributed by atoms with Crippen LogP contribution in [0.4, 0.5) is 0 Å². The highest BCUT2D eigenvalue weighted by atomic mass is 32.1. The maximum atomic E-state index is 12.7. The first-order valence-electron chi connectivity index (χ1n) is 7.32. The van der Waals surface area contributed by atoms with Gasteiger partial charge in [0.15, 0.2) is 0 Å². The zero-order valence-electron chi connectivity index (χ0n) is 12.9. The van der Waals surface area contributed by atoms with Gasteiger partial charge in [0, 0.05) is 23.5 Å². The zero-order valence-corrected chi connectivity index (χ0v) is 13.7. The van der Waals surface area contributed by atoms with Crippen LogP contribution in [-0.4, -0.2) is 31.3 Å². The number of nitrogens with zero attached hydrogens (tertiary/aromatic N) is 4. The summed E-state index contributed by atoms with van der Waals surface area (Å²) in [7, 11) is 0. The van der Waals surface area contributed by atoms with E-state index in [1.54, 1.807) is 15.8 Å². The number of fused-ring (bicyclic) bond motifs is 1. The number of aromatic nitrogens is 3. The van der Waals surface area contributed by atoms with Crippen molar-refractivity contribution in [3.05, 3.63) is 44.1 Å². The molecule has 0 atom stereocenters. The molecule has 7 heteroatoms. The quantitative estimate of drug-likeness (QED) is 0.842. The van der Waals surface area contributed by atoms with Crippen LogP contribution < -0.4 is 5.56 Å². The first kappa shape index (κ1) is 14.9. The second-order valence-corrected chi connectivity index (χ2v) is 6.41. The highest BCUT2D eigenvalue weighted by Gasteiger charge is 2.27. The van der Waals surface area contributed by atoms with Crippen molar-refractivity contribution < 1.29 is 4.79 Å². The molecule has 0 aromatic carbocycles. The van der Waals surface area contributed by atoms with Gasteiger partial charge in [-0.05, 0) is 38.7 Å². The fourth-order valence-corrected chi connectivity index (χ4v) is 3.50. The second kappa shape index (κ2) is 5.64. The predicted molar refractivity (Wildman–Crippen MR) is 84.2 cm³/mol. The number of hydrogen-bond acceptors (Lipinski definition) is 5. The van der Waals surface area contributed by atoms with Gasteiger partial charge >= 0.3 is 0 Å². The summed E-state index contributed by atoms with van der Waals surface area (Å²) in [5.41, 5.74) is 2.94. The van der Waals surface area contributed by atoms with E-state index >= 15 is 0 Å². The van der Waals surface area contributed by atoms with Crippen LogP contribution >= 0.6 is 11.5 Å². The minimum atomic E-state index is -0.0177. The smallest absolute Gasteiger partial charge is 0.257 e. The summed E-state index contributed by atoms with van der Waals surface area (Å²) >= 11 is 1.35. The van der Waals surface area contributed by atoms with E-state index in [1.165, 1.54) is 11.5 Å². The lowest BCUT2D eigenvalue weighted by molar-refractivity contribution is 0.0730. The van der Waals surface area contributed by atoms with Gasteiger partial charge in [0.1, 0.15) is 0 Å². The van der Waals surface area contributed by atoms with Gasteiger partial charge in [-0.3, -0.25) is 14.2 Å². The van der Waals surface area contributed by atoms with E-state index < -0.39 is 0 Å². The third-order valence-electron chi connectivity index (χ3n) is 4.07. The number of rotatable bonds is 2. The number of carbonyl (C=O) groups is 1. The zero-order chi connectivity index (χ0) is 15.9. The molecule has 2 aromatic rings. The molecule has 0 spiro atoms. The summed E-state index contributed by atoms with van der Waals surface area (Å²) in [6.45, 7) is 7.23. The van der Waals surface area contributed by atoms with Crippen molar-refractivity contribution in [1.82, 2.24) is 18.8 Å². The number of carbonyl (C=O) groups excluding carboxylic acids is 1. The molecule has 0 saturated carbocycles. The summed E-state index contributed by atoms with van der Waals surface area (Å²) < 4.78 is 5.84. The molecule has 0 saturated heterocycles. The molecular weight excluding hydrogens is 300 g/mol. The Morgan fingerprint density at radius 1 is 1.41 bits per heavy atom. The van der Waals surface area contributed by atoms with Crippen LogP contribution in [0.2, 0.25) is 0 Å². The fourth-order valence-electron chi connectivity index (χ4n) is 2.81. The van der Waals surface area contributed by atoms with Crippen LogP contribution in [0.5, 0.6) is 0 Å². The van der Waals surface area contributed by atoms with Crippen LogP contribution in [0.15, 0.2) is 11.1 Å². The Hall–Kier alpha value is -2.02. The van der Waals surface area contributed by atoms with Crippen LogP contribution in [0.25, 0.3) is 0 Å². The maximum Gasteiger partial charge on any atom is 0.257 e. The van der Waals surface area contributed by atoms with E-state index in [0.717, 1.165) is 16.1 Å². The largest absolute Gasteiger partial charge is 0.332 e. The van der Waals surface area contributed by atoms with Gasteiger partial charge in [-0.1, -0.05) is 0 Å². The Kier molecular flexibility index (Phi) is 3.82. The van der Waals surface area contributed by atoms with Gasteiger partial charge in [0.2, 0.25) is 0 Å². The fraction of sp³-hybridized carbons (Fsp3) is 0.467. The highest BCUT2D eigenvalue weighted by Crippen LogP contribution is 2.22. The Morgan fingerprint density at radius 3 is 2.82 bits per heavy atom. The molecule has 0 unspecified atom stereocenters. The summed E-state index contributed by atoms with van der Waals surface area (Å²) in [5.74, 6) is -0.0177. The topological polar surface area (TPSA) is 68.1 Å². The van der Waals surface area contributed by atoms with Crippen LogP contribution in [0.1, 0.15) is 39.1 Å². The Bertz CT molecular complexity index is 774. The minimum absolute atomic E-state index is 0.0177. The minimum Gasteiger partial charge on any atom is -0.332 e. The standard InChI is InChI=1S/C15H18N4O2S/c1-4-18-8-16-12-7-19(6-5-11(12)14(18)20)15(21)13-9(2)17-22-10(13)3/h8H,4-7H2,1-3H3. The molecule has 3 heterocycles. The van der Waals surface area contributed by atoms with Gasteiger partial charge in [0.05, 0.1) is 29.8 Å². The molecule has 3 rings (SSSR count). The Morgan fingerprint density at radius 2 is 2.18 bits per heavy atom. The lowest BCUT2D eigenvalue weighted by Crippen LogP contribution is -2.40. The van der Waals surface area contributed by atoms with Gasteiger partial charge in [-0.25, -0.2) is 4.98 Å². The predicted octanol–water partition coefficient (Wildman–Crippen LogP) is 1.54. The van der Waals surface area contributed by atoms with Crippen molar-refractivity contribution >= 4 is 17.4 Å². The van der Waals surface area contributed by atoms with Crippen molar-refractivity contribution in [3.8, 4) is 0 Å². The van der Waals surface area contributed by atoms with Crippen molar-refractivity contribution in [1.29, 1.82) is 0 Å². The monoisotopic (exact) mass is 318 g/mol. The lowest BCUT2D eigenvalue weighted by atomic mass is 10.0. The number of hydrogen-bond donors (Lipinski definition) is 0. The molecule has 1 amide bonds. The molecular formula is C15H18N4O2S. The highest BCUT2D eigenvalue weighted by molar-refractivity contribution is 7.06. The van der Waals surface area contributed by atoms with Crippen LogP contribution in [0, 0.1) is 13.8 Å². The maximum absolute atomic E-state index is 12.7. The Labute approximate surface area is 132 Å². The molecule has 2 aromatic heterocycles.